The Morgan fingerprint density at radius 2 is 1.53 bits per heavy atom. The lowest BCUT2D eigenvalue weighted by Gasteiger charge is -2.07. The second-order valence-electron chi connectivity index (χ2n) is 4.29. The summed E-state index contributed by atoms with van der Waals surface area (Å²) in [5.41, 5.74) is 3.36. The molecule has 0 amide bonds. The molecule has 2 rings (SSSR count). The van der Waals surface area contributed by atoms with Crippen LogP contribution < -0.4 is 4.74 Å². The lowest BCUT2D eigenvalue weighted by atomic mass is 10.1. The van der Waals surface area contributed by atoms with Crippen molar-refractivity contribution in [3.8, 4) is 17.1 Å². The molecule has 1 aromatic carbocycles. The predicted octanol–water partition coefficient (Wildman–Crippen LogP) is 3.24. The van der Waals surface area contributed by atoms with E-state index in [1.54, 1.807) is 12.4 Å². The van der Waals surface area contributed by atoms with Crippen LogP contribution in [0, 0.1) is 6.92 Å². The Bertz CT molecular complexity index is 475. The smallest absolute Gasteiger partial charge is 0.316 e. The van der Waals surface area contributed by atoms with Crippen LogP contribution in [0.15, 0.2) is 36.7 Å². The third kappa shape index (κ3) is 3.03. The number of benzene rings is 1. The van der Waals surface area contributed by atoms with Crippen LogP contribution in [0.4, 0.5) is 0 Å². The quantitative estimate of drug-likeness (QED) is 0.809. The Balaban J connectivity index is 2.20. The highest BCUT2D eigenvalue weighted by atomic mass is 16.5. The van der Waals surface area contributed by atoms with E-state index in [9.17, 15) is 0 Å². The first kappa shape index (κ1) is 11.6. The Kier molecular flexibility index (Phi) is 3.38. The second kappa shape index (κ2) is 4.95. The van der Waals surface area contributed by atoms with Crippen molar-refractivity contribution in [3.05, 3.63) is 42.2 Å². The maximum Gasteiger partial charge on any atom is 0.316 e. The highest BCUT2D eigenvalue weighted by Crippen LogP contribution is 2.19. The van der Waals surface area contributed by atoms with E-state index in [-0.39, 0.29) is 6.10 Å². The maximum atomic E-state index is 5.40. The highest BCUT2D eigenvalue weighted by Gasteiger charge is 2.02. The molecule has 0 unspecified atom stereocenters. The molecule has 88 valence electrons. The molecule has 0 fully saturated rings. The van der Waals surface area contributed by atoms with Crippen LogP contribution in [0.3, 0.4) is 0 Å². The summed E-state index contributed by atoms with van der Waals surface area (Å²) in [6, 6.07) is 8.71. The highest BCUT2D eigenvalue weighted by molar-refractivity contribution is 5.61. The molecule has 0 aliphatic rings. The minimum atomic E-state index is 0.0974. The van der Waals surface area contributed by atoms with E-state index < -0.39 is 0 Å². The van der Waals surface area contributed by atoms with Gasteiger partial charge in [0.2, 0.25) is 0 Å². The van der Waals surface area contributed by atoms with Gasteiger partial charge in [-0.05, 0) is 26.3 Å². The van der Waals surface area contributed by atoms with Gasteiger partial charge < -0.3 is 4.74 Å². The van der Waals surface area contributed by atoms with E-state index in [1.165, 1.54) is 5.56 Å². The fraction of sp³-hybridized carbons (Fsp3) is 0.286. The van der Waals surface area contributed by atoms with Gasteiger partial charge in [-0.2, -0.15) is 0 Å². The summed E-state index contributed by atoms with van der Waals surface area (Å²) in [7, 11) is 0. The summed E-state index contributed by atoms with van der Waals surface area (Å²) in [5, 5.41) is 0. The maximum absolute atomic E-state index is 5.40. The topological polar surface area (TPSA) is 35.0 Å². The van der Waals surface area contributed by atoms with E-state index in [0.29, 0.717) is 6.01 Å². The van der Waals surface area contributed by atoms with Crippen LogP contribution >= 0.6 is 0 Å². The molecule has 0 N–H and O–H groups in total. The lowest BCUT2D eigenvalue weighted by Crippen LogP contribution is -2.08. The van der Waals surface area contributed by atoms with E-state index in [2.05, 4.69) is 41.2 Å². The van der Waals surface area contributed by atoms with E-state index >= 15 is 0 Å². The zero-order chi connectivity index (χ0) is 12.3. The van der Waals surface area contributed by atoms with Crippen LogP contribution in [-0.2, 0) is 0 Å². The van der Waals surface area contributed by atoms with Crippen molar-refractivity contribution in [1.82, 2.24) is 9.97 Å². The third-order valence-corrected chi connectivity index (χ3v) is 2.35. The molecule has 2 aromatic rings. The fourth-order valence-corrected chi connectivity index (χ4v) is 1.48. The predicted molar refractivity (Wildman–Crippen MR) is 68.0 cm³/mol. The molecule has 0 aliphatic carbocycles. The molecule has 3 nitrogen and oxygen atoms in total. The molecule has 0 saturated carbocycles. The van der Waals surface area contributed by atoms with Crippen molar-refractivity contribution in [2.45, 2.75) is 26.9 Å². The van der Waals surface area contributed by atoms with Crippen molar-refractivity contribution in [2.24, 2.45) is 0 Å². The van der Waals surface area contributed by atoms with Crippen LogP contribution in [0.5, 0.6) is 6.01 Å². The van der Waals surface area contributed by atoms with Crippen molar-refractivity contribution < 1.29 is 4.74 Å². The molecule has 1 aromatic heterocycles. The zero-order valence-electron chi connectivity index (χ0n) is 10.3. The Labute approximate surface area is 102 Å². The minimum Gasteiger partial charge on any atom is -0.461 e. The van der Waals surface area contributed by atoms with Gasteiger partial charge in [0.15, 0.2) is 0 Å². The number of hydrogen-bond acceptors (Lipinski definition) is 3. The third-order valence-electron chi connectivity index (χ3n) is 2.35. The number of aromatic nitrogens is 2. The van der Waals surface area contributed by atoms with Gasteiger partial charge >= 0.3 is 6.01 Å². The van der Waals surface area contributed by atoms with Crippen LogP contribution in [0.2, 0.25) is 0 Å². The van der Waals surface area contributed by atoms with Gasteiger partial charge in [-0.25, -0.2) is 9.97 Å². The normalized spacial score (nSPS) is 10.6. The Morgan fingerprint density at radius 1 is 0.941 bits per heavy atom. The summed E-state index contributed by atoms with van der Waals surface area (Å²) in [6.45, 7) is 5.98. The summed E-state index contributed by atoms with van der Waals surface area (Å²) in [4.78, 5) is 8.37. The van der Waals surface area contributed by atoms with E-state index in [4.69, 9.17) is 4.74 Å². The number of aryl methyl sites for hydroxylation is 1. The molecule has 0 bridgehead atoms. The number of hydrogen-bond donors (Lipinski definition) is 0. The van der Waals surface area contributed by atoms with Gasteiger partial charge in [0.05, 0.1) is 6.10 Å². The molecule has 0 radical (unpaired) electrons. The molecular weight excluding hydrogens is 212 g/mol. The average Bonchev–Trinajstić information content (AvgIpc) is 2.30. The average molecular weight is 228 g/mol. The first-order valence-electron chi connectivity index (χ1n) is 5.71. The second-order valence-corrected chi connectivity index (χ2v) is 4.29. The Hall–Kier alpha value is -1.90. The van der Waals surface area contributed by atoms with Crippen molar-refractivity contribution in [1.29, 1.82) is 0 Å². The van der Waals surface area contributed by atoms with Gasteiger partial charge in [-0.3, -0.25) is 0 Å². The SMILES string of the molecule is Cc1ccc(-c2cnc(OC(C)C)nc2)cc1. The molecule has 17 heavy (non-hydrogen) atoms. The molecular formula is C14H16N2O. The monoisotopic (exact) mass is 228 g/mol. The van der Waals surface area contributed by atoms with Gasteiger partial charge in [-0.15, -0.1) is 0 Å². The van der Waals surface area contributed by atoms with Crippen LogP contribution in [-0.4, -0.2) is 16.1 Å². The van der Waals surface area contributed by atoms with Crippen LogP contribution in [0.1, 0.15) is 19.4 Å². The summed E-state index contributed by atoms with van der Waals surface area (Å²) in [5.74, 6) is 0. The molecule has 0 saturated heterocycles. The summed E-state index contributed by atoms with van der Waals surface area (Å²) >= 11 is 0. The molecule has 0 aliphatic heterocycles. The largest absolute Gasteiger partial charge is 0.461 e. The van der Waals surface area contributed by atoms with Gasteiger partial charge in [0.1, 0.15) is 0 Å². The van der Waals surface area contributed by atoms with Crippen molar-refractivity contribution >= 4 is 0 Å². The molecule has 1 heterocycles. The zero-order valence-corrected chi connectivity index (χ0v) is 10.3. The van der Waals surface area contributed by atoms with Crippen LogP contribution in [0.25, 0.3) is 11.1 Å². The lowest BCUT2D eigenvalue weighted by molar-refractivity contribution is 0.222. The fourth-order valence-electron chi connectivity index (χ4n) is 1.48. The van der Waals surface area contributed by atoms with E-state index in [0.717, 1.165) is 11.1 Å². The van der Waals surface area contributed by atoms with Crippen molar-refractivity contribution in [3.63, 3.8) is 0 Å². The first-order valence-corrected chi connectivity index (χ1v) is 5.71. The first-order chi connectivity index (χ1) is 8.15. The minimum absolute atomic E-state index is 0.0974. The molecule has 0 spiro atoms. The van der Waals surface area contributed by atoms with Crippen molar-refractivity contribution in [2.75, 3.05) is 0 Å². The Morgan fingerprint density at radius 3 is 2.06 bits per heavy atom. The van der Waals surface area contributed by atoms with Gasteiger partial charge in [-0.1, -0.05) is 29.8 Å². The van der Waals surface area contributed by atoms with Gasteiger partial charge in [0.25, 0.3) is 0 Å². The summed E-state index contributed by atoms with van der Waals surface area (Å²) < 4.78 is 5.40. The standard InChI is InChI=1S/C14H16N2O/c1-10(2)17-14-15-8-13(9-16-14)12-6-4-11(3)5-7-12/h4-10H,1-3H3. The molecule has 3 heteroatoms. The number of ether oxygens (including phenoxy) is 1. The summed E-state index contributed by atoms with van der Waals surface area (Å²) in [6.07, 6.45) is 3.67. The molecule has 0 atom stereocenters. The van der Waals surface area contributed by atoms with Gasteiger partial charge in [0, 0.05) is 18.0 Å². The number of nitrogens with zero attached hydrogens (tertiary/aromatic N) is 2. The van der Waals surface area contributed by atoms with E-state index in [1.807, 2.05) is 13.8 Å². The number of rotatable bonds is 3.